The molecule has 0 radical (unpaired) electrons. The van der Waals surface area contributed by atoms with Crippen LogP contribution in [-0.2, 0) is 20.6 Å². The second-order valence-electron chi connectivity index (χ2n) is 7.62. The van der Waals surface area contributed by atoms with Crippen LogP contribution in [-0.4, -0.2) is 47.7 Å². The predicted molar refractivity (Wildman–Crippen MR) is 117 cm³/mol. The smallest absolute Gasteiger partial charge is 0.229 e. The number of amides is 1. The molecule has 11 heteroatoms. The average molecular weight is 473 g/mol. The minimum Gasteiger partial charge on any atom is -0.300 e. The first-order valence-electron chi connectivity index (χ1n) is 9.72. The molecule has 1 aromatic heterocycles. The third-order valence-electron chi connectivity index (χ3n) is 4.66. The number of hydrogen-bond donors (Lipinski definition) is 1. The van der Waals surface area contributed by atoms with Crippen LogP contribution < -0.4 is 5.32 Å². The molecule has 164 valence electrons. The van der Waals surface area contributed by atoms with Gasteiger partial charge in [-0.25, -0.2) is 17.1 Å². The zero-order valence-electron chi connectivity index (χ0n) is 16.9. The lowest BCUT2D eigenvalue weighted by atomic mass is 9.97. The molecule has 7 nitrogen and oxygen atoms in total. The Labute approximate surface area is 184 Å². The molecule has 2 heterocycles. The zero-order valence-corrected chi connectivity index (χ0v) is 19.3. The topological polar surface area (TPSA) is 92.3 Å². The van der Waals surface area contributed by atoms with Gasteiger partial charge in [-0.3, -0.25) is 4.79 Å². The lowest BCUT2D eigenvalue weighted by Crippen LogP contribution is -2.41. The van der Waals surface area contributed by atoms with E-state index in [4.69, 9.17) is 0 Å². The number of anilines is 1. The van der Waals surface area contributed by atoms with Gasteiger partial charge in [-0.05, 0) is 36.5 Å². The second kappa shape index (κ2) is 10.2. The molecule has 1 amide bonds. The summed E-state index contributed by atoms with van der Waals surface area (Å²) < 4.78 is 40.5. The Morgan fingerprint density at radius 2 is 1.93 bits per heavy atom. The summed E-state index contributed by atoms with van der Waals surface area (Å²) in [6.45, 7) is 4.83. The summed E-state index contributed by atoms with van der Waals surface area (Å²) in [4.78, 5) is 12.5. The van der Waals surface area contributed by atoms with Crippen LogP contribution in [0.5, 0.6) is 0 Å². The van der Waals surface area contributed by atoms with Crippen molar-refractivity contribution in [2.75, 3.05) is 24.2 Å². The van der Waals surface area contributed by atoms with Crippen molar-refractivity contribution in [3.63, 3.8) is 0 Å². The first-order chi connectivity index (χ1) is 14.2. The van der Waals surface area contributed by atoms with Crippen LogP contribution in [0, 0.1) is 17.7 Å². The molecule has 30 heavy (non-hydrogen) atoms. The summed E-state index contributed by atoms with van der Waals surface area (Å²) in [6, 6.07) is 5.45. The summed E-state index contributed by atoms with van der Waals surface area (Å²) in [5.41, 5.74) is 0.540. The van der Waals surface area contributed by atoms with Crippen LogP contribution >= 0.6 is 23.1 Å². The Morgan fingerprint density at radius 1 is 1.27 bits per heavy atom. The number of rotatable bonds is 8. The number of carbonyl (C=O) groups excluding carboxylic acids is 1. The fourth-order valence-corrected chi connectivity index (χ4v) is 6.34. The van der Waals surface area contributed by atoms with Gasteiger partial charge in [-0.2, -0.15) is 0 Å². The van der Waals surface area contributed by atoms with Crippen LogP contribution in [0.3, 0.4) is 0 Å². The Morgan fingerprint density at radius 3 is 2.57 bits per heavy atom. The number of thioether (sulfide) groups is 1. The molecule has 1 fully saturated rings. The maximum atomic E-state index is 13.0. The highest BCUT2D eigenvalue weighted by Gasteiger charge is 2.31. The molecule has 1 N–H and O–H groups in total. The summed E-state index contributed by atoms with van der Waals surface area (Å²) >= 11 is 2.97. The van der Waals surface area contributed by atoms with E-state index in [2.05, 4.69) is 29.4 Å². The van der Waals surface area contributed by atoms with E-state index in [9.17, 15) is 17.6 Å². The Kier molecular flexibility index (Phi) is 7.83. The minimum absolute atomic E-state index is 0.151. The van der Waals surface area contributed by atoms with Crippen molar-refractivity contribution in [2.45, 2.75) is 36.8 Å². The van der Waals surface area contributed by atoms with E-state index in [0.29, 0.717) is 29.5 Å². The minimum atomic E-state index is -3.51. The van der Waals surface area contributed by atoms with Crippen molar-refractivity contribution in [1.82, 2.24) is 14.5 Å². The van der Waals surface area contributed by atoms with Crippen LogP contribution in [0.15, 0.2) is 28.6 Å². The number of nitrogens with zero attached hydrogens (tertiary/aromatic N) is 3. The van der Waals surface area contributed by atoms with Crippen molar-refractivity contribution in [1.29, 1.82) is 0 Å². The predicted octanol–water partition coefficient (Wildman–Crippen LogP) is 3.61. The molecule has 1 aliphatic heterocycles. The van der Waals surface area contributed by atoms with E-state index in [1.807, 2.05) is 0 Å². The summed E-state index contributed by atoms with van der Waals surface area (Å²) in [6.07, 6.45) is 0.893. The van der Waals surface area contributed by atoms with Gasteiger partial charge in [-0.1, -0.05) is 49.1 Å². The Bertz CT molecular complexity index is 956. The van der Waals surface area contributed by atoms with Gasteiger partial charge >= 0.3 is 0 Å². The third kappa shape index (κ3) is 6.47. The molecule has 0 aliphatic carbocycles. The Balaban J connectivity index is 1.49. The van der Waals surface area contributed by atoms with E-state index >= 15 is 0 Å². The molecule has 0 saturated carbocycles. The molecule has 1 aliphatic rings. The Hall–Kier alpha value is -1.56. The first kappa shape index (κ1) is 23.1. The number of piperidine rings is 1. The van der Waals surface area contributed by atoms with Crippen molar-refractivity contribution in [2.24, 2.45) is 11.8 Å². The van der Waals surface area contributed by atoms with E-state index in [1.165, 1.54) is 39.9 Å². The summed E-state index contributed by atoms with van der Waals surface area (Å²) in [5, 5.41) is 11.4. The summed E-state index contributed by atoms with van der Waals surface area (Å²) in [7, 11) is -3.51. The SMILES string of the molecule is CC(C)CSc1nnc(NC(=O)C2CCN(S(=O)(=O)Cc3ccc(F)cc3)CC2)s1. The van der Waals surface area contributed by atoms with Gasteiger partial charge in [0, 0.05) is 24.8 Å². The molecule has 1 saturated heterocycles. The van der Waals surface area contributed by atoms with Gasteiger partial charge in [0.1, 0.15) is 5.82 Å². The number of hydrogen-bond acceptors (Lipinski definition) is 7. The molecule has 3 rings (SSSR count). The molecule has 0 atom stereocenters. The number of benzene rings is 1. The highest BCUT2D eigenvalue weighted by molar-refractivity contribution is 8.01. The van der Waals surface area contributed by atoms with E-state index in [0.717, 1.165) is 10.1 Å². The van der Waals surface area contributed by atoms with Crippen molar-refractivity contribution in [3.05, 3.63) is 35.6 Å². The van der Waals surface area contributed by atoms with Crippen LogP contribution in [0.4, 0.5) is 9.52 Å². The molecular formula is C19H25FN4O3S3. The number of aromatic nitrogens is 2. The fourth-order valence-electron chi connectivity index (χ4n) is 3.04. The molecular weight excluding hydrogens is 447 g/mol. The molecule has 0 bridgehead atoms. The summed E-state index contributed by atoms with van der Waals surface area (Å²) in [5.74, 6) is 0.490. The van der Waals surface area contributed by atoms with Crippen molar-refractivity contribution >= 4 is 44.2 Å². The van der Waals surface area contributed by atoms with Crippen LogP contribution in [0.2, 0.25) is 0 Å². The standard InChI is InChI=1S/C19H25FN4O3S3/c1-13(2)11-28-19-23-22-18(29-19)21-17(25)15-7-9-24(10-8-15)30(26,27)12-14-3-5-16(20)6-4-14/h3-6,13,15H,7-12H2,1-2H3,(H,21,22,25). The van der Waals surface area contributed by atoms with Crippen LogP contribution in [0.1, 0.15) is 32.3 Å². The third-order valence-corrected chi connectivity index (χ3v) is 8.91. The monoisotopic (exact) mass is 472 g/mol. The maximum Gasteiger partial charge on any atom is 0.229 e. The van der Waals surface area contributed by atoms with Gasteiger partial charge in [-0.15, -0.1) is 10.2 Å². The highest BCUT2D eigenvalue weighted by Crippen LogP contribution is 2.28. The van der Waals surface area contributed by atoms with Gasteiger partial charge in [0.25, 0.3) is 0 Å². The van der Waals surface area contributed by atoms with Crippen molar-refractivity contribution < 1.29 is 17.6 Å². The number of sulfonamides is 1. The number of carbonyl (C=O) groups is 1. The van der Waals surface area contributed by atoms with E-state index in [-0.39, 0.29) is 30.7 Å². The lowest BCUT2D eigenvalue weighted by Gasteiger charge is -2.30. The van der Waals surface area contributed by atoms with E-state index in [1.54, 1.807) is 11.8 Å². The zero-order chi connectivity index (χ0) is 21.7. The van der Waals surface area contributed by atoms with Gasteiger partial charge in [0.2, 0.25) is 21.1 Å². The van der Waals surface area contributed by atoms with Crippen LogP contribution in [0.25, 0.3) is 0 Å². The van der Waals surface area contributed by atoms with Gasteiger partial charge < -0.3 is 5.32 Å². The number of nitrogens with one attached hydrogen (secondary N) is 1. The number of halogens is 1. The average Bonchev–Trinajstić information content (AvgIpc) is 3.15. The molecule has 2 aromatic rings. The fraction of sp³-hybridized carbons (Fsp3) is 0.526. The quantitative estimate of drug-likeness (QED) is 0.466. The molecule has 0 unspecified atom stereocenters. The highest BCUT2D eigenvalue weighted by atomic mass is 32.2. The van der Waals surface area contributed by atoms with Gasteiger partial charge in [0.05, 0.1) is 5.75 Å². The van der Waals surface area contributed by atoms with Crippen molar-refractivity contribution in [3.8, 4) is 0 Å². The first-order valence-corrected chi connectivity index (χ1v) is 13.1. The largest absolute Gasteiger partial charge is 0.300 e. The van der Waals surface area contributed by atoms with Gasteiger partial charge in [0.15, 0.2) is 4.34 Å². The lowest BCUT2D eigenvalue weighted by molar-refractivity contribution is -0.120. The normalized spacial score (nSPS) is 16.1. The van der Waals surface area contributed by atoms with E-state index < -0.39 is 15.8 Å². The molecule has 0 spiro atoms. The second-order valence-corrected chi connectivity index (χ2v) is 11.8. The maximum absolute atomic E-state index is 13.0. The molecule has 1 aromatic carbocycles.